The second kappa shape index (κ2) is 11.0. The molecule has 1 saturated heterocycles. The van der Waals surface area contributed by atoms with Crippen LogP contribution in [0, 0.1) is 0 Å². The predicted octanol–water partition coefficient (Wildman–Crippen LogP) is 3.61. The van der Waals surface area contributed by atoms with Gasteiger partial charge in [-0.15, -0.1) is 0 Å². The monoisotopic (exact) mass is 505 g/mol. The van der Waals surface area contributed by atoms with Gasteiger partial charge in [-0.2, -0.15) is 10.1 Å². The van der Waals surface area contributed by atoms with Crippen molar-refractivity contribution in [1.82, 2.24) is 24.6 Å². The van der Waals surface area contributed by atoms with Crippen LogP contribution in [0.3, 0.4) is 0 Å². The summed E-state index contributed by atoms with van der Waals surface area (Å²) in [5.41, 5.74) is 1.05. The van der Waals surface area contributed by atoms with Crippen LogP contribution in [-0.4, -0.2) is 69.0 Å². The standard InChI is InChI=1S/C22H25Cl2N7O3/c1-30-7-5-15(6-8-30)31-13-14(11-26-31)27-22-25-12-16(21(29-22)34-10-9-32)20(33)28-19-17(23)3-2-4-18(19)24/h2-4,11-13,15,32H,5-10H2,1H3,(H,28,33)(H,25,27,29). The summed E-state index contributed by atoms with van der Waals surface area (Å²) in [7, 11) is 2.12. The van der Waals surface area contributed by atoms with E-state index in [1.807, 2.05) is 10.9 Å². The topological polar surface area (TPSA) is 117 Å². The molecule has 1 aromatic carbocycles. The number of aromatic nitrogens is 4. The summed E-state index contributed by atoms with van der Waals surface area (Å²) in [5, 5.41) is 20.0. The zero-order valence-electron chi connectivity index (χ0n) is 18.5. The van der Waals surface area contributed by atoms with Crippen LogP contribution in [0.2, 0.25) is 10.0 Å². The zero-order chi connectivity index (χ0) is 24.1. The van der Waals surface area contributed by atoms with Gasteiger partial charge in [-0.25, -0.2) is 4.98 Å². The number of amides is 1. The Balaban J connectivity index is 1.51. The largest absolute Gasteiger partial charge is 0.475 e. The van der Waals surface area contributed by atoms with Crippen LogP contribution in [0.25, 0.3) is 0 Å². The van der Waals surface area contributed by atoms with Crippen molar-refractivity contribution in [2.75, 3.05) is 44.0 Å². The molecule has 34 heavy (non-hydrogen) atoms. The molecule has 0 saturated carbocycles. The summed E-state index contributed by atoms with van der Waals surface area (Å²) in [6.07, 6.45) is 7.02. The Hall–Kier alpha value is -2.92. The van der Waals surface area contributed by atoms with Crippen LogP contribution in [0.1, 0.15) is 29.2 Å². The van der Waals surface area contributed by atoms with Gasteiger partial charge in [0.1, 0.15) is 12.2 Å². The summed E-state index contributed by atoms with van der Waals surface area (Å²) >= 11 is 12.3. The highest BCUT2D eigenvalue weighted by atomic mass is 35.5. The van der Waals surface area contributed by atoms with E-state index in [0.29, 0.717) is 21.8 Å². The van der Waals surface area contributed by atoms with Gasteiger partial charge in [-0.1, -0.05) is 29.3 Å². The molecule has 0 radical (unpaired) electrons. The summed E-state index contributed by atoms with van der Waals surface area (Å²) in [6.45, 7) is 1.78. The third kappa shape index (κ3) is 5.76. The predicted molar refractivity (Wildman–Crippen MR) is 130 cm³/mol. The molecule has 1 amide bonds. The Kier molecular flexibility index (Phi) is 7.84. The third-order valence-corrected chi connectivity index (χ3v) is 6.08. The Morgan fingerprint density at radius 3 is 2.68 bits per heavy atom. The molecule has 1 fully saturated rings. The number of anilines is 3. The lowest BCUT2D eigenvalue weighted by Gasteiger charge is -2.28. The molecule has 0 spiro atoms. The number of halogens is 2. The molecule has 0 bridgehead atoms. The third-order valence-electron chi connectivity index (χ3n) is 5.45. The summed E-state index contributed by atoms with van der Waals surface area (Å²) in [4.78, 5) is 23.8. The number of nitrogens with zero attached hydrogens (tertiary/aromatic N) is 5. The maximum Gasteiger partial charge on any atom is 0.262 e. The molecule has 180 valence electrons. The SMILES string of the molecule is CN1CCC(n2cc(Nc3ncc(C(=O)Nc4c(Cl)cccc4Cl)c(OCCO)n3)cn2)CC1. The molecule has 4 rings (SSSR count). The molecule has 10 nitrogen and oxygen atoms in total. The number of nitrogens with one attached hydrogen (secondary N) is 2. The van der Waals surface area contributed by atoms with Gasteiger partial charge < -0.3 is 25.4 Å². The minimum Gasteiger partial charge on any atom is -0.475 e. The van der Waals surface area contributed by atoms with E-state index in [1.165, 1.54) is 6.20 Å². The highest BCUT2D eigenvalue weighted by Crippen LogP contribution is 2.31. The first-order valence-corrected chi connectivity index (χ1v) is 11.6. The molecule has 3 aromatic rings. The number of hydrogen-bond donors (Lipinski definition) is 3. The molecular weight excluding hydrogens is 481 g/mol. The van der Waals surface area contributed by atoms with Gasteiger partial charge in [-0.05, 0) is 45.1 Å². The van der Waals surface area contributed by atoms with Gasteiger partial charge in [-0.3, -0.25) is 9.48 Å². The summed E-state index contributed by atoms with van der Waals surface area (Å²) in [6, 6.07) is 5.25. The number of benzene rings is 1. The molecule has 2 aromatic heterocycles. The van der Waals surface area contributed by atoms with E-state index >= 15 is 0 Å². The smallest absolute Gasteiger partial charge is 0.262 e. The Labute approximate surface area is 206 Å². The van der Waals surface area contributed by atoms with E-state index < -0.39 is 5.91 Å². The van der Waals surface area contributed by atoms with Crippen LogP contribution in [-0.2, 0) is 0 Å². The molecular formula is C22H25Cl2N7O3. The fraction of sp³-hybridized carbons (Fsp3) is 0.364. The average molecular weight is 506 g/mol. The zero-order valence-corrected chi connectivity index (χ0v) is 20.1. The second-order valence-corrected chi connectivity index (χ2v) is 8.72. The lowest BCUT2D eigenvalue weighted by Crippen LogP contribution is -2.31. The van der Waals surface area contributed by atoms with E-state index in [0.717, 1.165) is 25.9 Å². The lowest BCUT2D eigenvalue weighted by atomic mass is 10.1. The number of hydrogen-bond acceptors (Lipinski definition) is 8. The quantitative estimate of drug-likeness (QED) is 0.424. The minimum absolute atomic E-state index is 0.00920. The Bertz CT molecular complexity index is 1130. The van der Waals surface area contributed by atoms with Crippen molar-refractivity contribution in [3.63, 3.8) is 0 Å². The van der Waals surface area contributed by atoms with Gasteiger partial charge in [0.25, 0.3) is 5.91 Å². The highest BCUT2D eigenvalue weighted by molar-refractivity contribution is 6.40. The molecule has 0 aliphatic carbocycles. The maximum atomic E-state index is 12.9. The van der Waals surface area contributed by atoms with E-state index in [4.69, 9.17) is 27.9 Å². The van der Waals surface area contributed by atoms with Gasteiger partial charge in [0.05, 0.1) is 40.3 Å². The second-order valence-electron chi connectivity index (χ2n) is 7.90. The van der Waals surface area contributed by atoms with Crippen molar-refractivity contribution >= 4 is 46.4 Å². The molecule has 0 unspecified atom stereocenters. The van der Waals surface area contributed by atoms with Crippen molar-refractivity contribution in [3.8, 4) is 5.88 Å². The molecule has 0 atom stereocenters. The number of aliphatic hydroxyl groups excluding tert-OH is 1. The van der Waals surface area contributed by atoms with E-state index in [9.17, 15) is 9.90 Å². The average Bonchev–Trinajstić information content (AvgIpc) is 3.29. The minimum atomic E-state index is -0.551. The number of para-hydroxylation sites is 1. The summed E-state index contributed by atoms with van der Waals surface area (Å²) in [5.74, 6) is -0.317. The van der Waals surface area contributed by atoms with Crippen LogP contribution < -0.4 is 15.4 Å². The Morgan fingerprint density at radius 1 is 1.24 bits per heavy atom. The highest BCUT2D eigenvalue weighted by Gasteiger charge is 2.21. The summed E-state index contributed by atoms with van der Waals surface area (Å²) < 4.78 is 7.45. The van der Waals surface area contributed by atoms with E-state index in [2.05, 4.69) is 37.6 Å². The van der Waals surface area contributed by atoms with Gasteiger partial charge in [0, 0.05) is 12.4 Å². The molecule has 3 N–H and O–H groups in total. The van der Waals surface area contributed by atoms with Crippen molar-refractivity contribution in [2.45, 2.75) is 18.9 Å². The van der Waals surface area contributed by atoms with Gasteiger partial charge in [0.2, 0.25) is 11.8 Å². The molecule has 1 aliphatic heterocycles. The van der Waals surface area contributed by atoms with Crippen LogP contribution in [0.4, 0.5) is 17.3 Å². The van der Waals surface area contributed by atoms with Crippen LogP contribution >= 0.6 is 23.2 Å². The van der Waals surface area contributed by atoms with E-state index in [-0.39, 0.29) is 36.3 Å². The van der Waals surface area contributed by atoms with Crippen molar-refractivity contribution in [1.29, 1.82) is 0 Å². The number of carbonyl (C=O) groups excluding carboxylic acids is 1. The van der Waals surface area contributed by atoms with Crippen molar-refractivity contribution < 1.29 is 14.6 Å². The first kappa shape index (κ1) is 24.2. The van der Waals surface area contributed by atoms with Gasteiger partial charge in [0.15, 0.2) is 0 Å². The van der Waals surface area contributed by atoms with Gasteiger partial charge >= 0.3 is 0 Å². The van der Waals surface area contributed by atoms with Crippen LogP contribution in [0.5, 0.6) is 5.88 Å². The van der Waals surface area contributed by atoms with Crippen molar-refractivity contribution in [3.05, 3.63) is 52.4 Å². The van der Waals surface area contributed by atoms with Crippen molar-refractivity contribution in [2.24, 2.45) is 0 Å². The molecule has 3 heterocycles. The van der Waals surface area contributed by atoms with Crippen LogP contribution in [0.15, 0.2) is 36.8 Å². The number of ether oxygens (including phenoxy) is 1. The lowest BCUT2D eigenvalue weighted by molar-refractivity contribution is 0.101. The fourth-order valence-electron chi connectivity index (χ4n) is 3.62. The Morgan fingerprint density at radius 2 is 1.97 bits per heavy atom. The number of piperidine rings is 1. The number of rotatable bonds is 8. The molecule has 12 heteroatoms. The first-order valence-electron chi connectivity index (χ1n) is 10.8. The fourth-order valence-corrected chi connectivity index (χ4v) is 4.12. The molecule has 1 aliphatic rings. The normalized spacial score (nSPS) is 14.7. The first-order chi connectivity index (χ1) is 16.4. The number of carbonyl (C=O) groups is 1. The maximum absolute atomic E-state index is 12.9. The number of aliphatic hydroxyl groups is 1. The number of likely N-dealkylation sites (tertiary alicyclic amines) is 1. The van der Waals surface area contributed by atoms with E-state index in [1.54, 1.807) is 24.4 Å².